The summed E-state index contributed by atoms with van der Waals surface area (Å²) in [5.74, 6) is -0.222. The largest absolute Gasteiger partial charge is 0.491 e. The highest BCUT2D eigenvalue weighted by Gasteiger charge is 2.18. The van der Waals surface area contributed by atoms with Crippen molar-refractivity contribution in [2.45, 2.75) is 36.0 Å². The summed E-state index contributed by atoms with van der Waals surface area (Å²) in [7, 11) is -3.44. The Morgan fingerprint density at radius 2 is 1.81 bits per heavy atom. The Labute approximate surface area is 218 Å². The number of benzene rings is 1. The molecule has 3 N–H and O–H groups in total. The van der Waals surface area contributed by atoms with Gasteiger partial charge in [0.1, 0.15) is 17.2 Å². The second-order valence-corrected chi connectivity index (χ2v) is 12.2. The summed E-state index contributed by atoms with van der Waals surface area (Å²) in [5, 5.41) is 6.27. The van der Waals surface area contributed by atoms with Gasteiger partial charge in [-0.15, -0.1) is 0 Å². The van der Waals surface area contributed by atoms with Gasteiger partial charge >= 0.3 is 0 Å². The Kier molecular flexibility index (Phi) is 9.81. The van der Waals surface area contributed by atoms with Crippen molar-refractivity contribution in [3.05, 3.63) is 54.4 Å². The van der Waals surface area contributed by atoms with E-state index in [4.69, 9.17) is 4.74 Å². The van der Waals surface area contributed by atoms with E-state index >= 15 is 0 Å². The zero-order valence-electron chi connectivity index (χ0n) is 20.0. The number of carbonyl (C=O) groups excluding carboxylic acids is 2. The van der Waals surface area contributed by atoms with Crippen LogP contribution in [0.1, 0.15) is 26.0 Å². The Morgan fingerprint density at radius 3 is 2.50 bits per heavy atom. The van der Waals surface area contributed by atoms with Crippen LogP contribution in [-0.2, 0) is 26.2 Å². The molecule has 0 aliphatic heterocycles. The maximum atomic E-state index is 12.5. The summed E-state index contributed by atoms with van der Waals surface area (Å²) in [6.07, 6.45) is 2.26. The van der Waals surface area contributed by atoms with E-state index in [1.165, 1.54) is 23.1 Å². The average Bonchev–Trinajstić information content (AvgIpc) is 3.17. The number of pyridine rings is 1. The number of rotatable bonds is 12. The molecule has 0 bridgehead atoms. The Bertz CT molecular complexity index is 1300. The highest BCUT2D eigenvalue weighted by molar-refractivity contribution is 8.01. The molecule has 0 saturated carbocycles. The van der Waals surface area contributed by atoms with E-state index < -0.39 is 28.3 Å². The fourth-order valence-corrected chi connectivity index (χ4v) is 5.22. The van der Waals surface area contributed by atoms with Crippen LogP contribution in [0.3, 0.4) is 0 Å². The first-order valence-electron chi connectivity index (χ1n) is 10.9. The number of hydrogen-bond acceptors (Lipinski definition) is 9. The highest BCUT2D eigenvalue weighted by atomic mass is 32.2. The number of thiazole rings is 1. The van der Waals surface area contributed by atoms with Gasteiger partial charge in [0.15, 0.2) is 5.13 Å². The van der Waals surface area contributed by atoms with Crippen molar-refractivity contribution < 1.29 is 22.7 Å². The number of ether oxygens (including phenoxy) is 1. The van der Waals surface area contributed by atoms with Crippen LogP contribution in [0.4, 0.5) is 10.8 Å². The molecule has 3 aromatic rings. The zero-order valence-corrected chi connectivity index (χ0v) is 22.4. The quantitative estimate of drug-likeness (QED) is 0.290. The van der Waals surface area contributed by atoms with E-state index in [0.717, 1.165) is 6.26 Å². The van der Waals surface area contributed by atoms with Crippen LogP contribution in [0.15, 0.2) is 57.9 Å². The lowest BCUT2D eigenvalue weighted by molar-refractivity contribution is -0.123. The molecule has 36 heavy (non-hydrogen) atoms. The molecule has 3 rings (SSSR count). The third kappa shape index (κ3) is 9.22. The van der Waals surface area contributed by atoms with Crippen LogP contribution in [-0.4, -0.2) is 43.1 Å². The van der Waals surface area contributed by atoms with Crippen LogP contribution in [0, 0.1) is 5.92 Å². The number of hydrogen-bond donors (Lipinski definition) is 3. The lowest BCUT2D eigenvalue weighted by Crippen LogP contribution is -2.22. The number of nitrogens with zero attached hydrogens (tertiary/aromatic N) is 2. The molecule has 0 atom stereocenters. The number of para-hydroxylation sites is 2. The van der Waals surface area contributed by atoms with Crippen molar-refractivity contribution in [3.8, 4) is 5.75 Å². The molecule has 10 nitrogen and oxygen atoms in total. The summed E-state index contributed by atoms with van der Waals surface area (Å²) < 4.78 is 31.9. The van der Waals surface area contributed by atoms with E-state index in [0.29, 0.717) is 38.9 Å². The number of anilines is 2. The van der Waals surface area contributed by atoms with Gasteiger partial charge in [0.2, 0.25) is 21.8 Å². The highest BCUT2D eigenvalue weighted by Crippen LogP contribution is 2.36. The van der Waals surface area contributed by atoms with Gasteiger partial charge in [-0.25, -0.2) is 23.1 Å². The van der Waals surface area contributed by atoms with Crippen LogP contribution in [0.25, 0.3) is 0 Å². The first-order valence-corrected chi connectivity index (χ1v) is 14.5. The number of carbonyl (C=O) groups is 2. The molecule has 0 fully saturated rings. The fraction of sp³-hybridized carbons (Fsp3) is 0.304. The zero-order chi connectivity index (χ0) is 26.1. The van der Waals surface area contributed by atoms with Gasteiger partial charge < -0.3 is 15.4 Å². The van der Waals surface area contributed by atoms with Gasteiger partial charge in [0, 0.05) is 6.20 Å². The van der Waals surface area contributed by atoms with Gasteiger partial charge in [0.05, 0.1) is 35.0 Å². The normalized spacial score (nSPS) is 11.3. The third-order valence-corrected chi connectivity index (χ3v) is 7.15. The number of aromatic nitrogens is 2. The molecule has 1 aromatic carbocycles. The maximum Gasteiger partial charge on any atom is 0.235 e. The van der Waals surface area contributed by atoms with E-state index in [2.05, 4.69) is 25.3 Å². The standard InChI is InChI=1S/C23H27N5O5S3/c1-15(2)14-33-18-9-5-4-8-16(18)26-19(29)12-20(30)28-23-27-17(13-25-36(3,31)32)22(35-23)34-21-10-6-7-11-24-21/h4-11,15,25H,12-14H2,1-3H3,(H,26,29)(H,27,28,30). The first kappa shape index (κ1) is 27.6. The van der Waals surface area contributed by atoms with Gasteiger partial charge in [-0.2, -0.15) is 0 Å². The van der Waals surface area contributed by atoms with Crippen LogP contribution >= 0.6 is 23.1 Å². The summed E-state index contributed by atoms with van der Waals surface area (Å²) in [6.45, 7) is 4.49. The van der Waals surface area contributed by atoms with E-state index in [1.54, 1.807) is 36.5 Å². The minimum atomic E-state index is -3.44. The molecule has 2 heterocycles. The summed E-state index contributed by atoms with van der Waals surface area (Å²) >= 11 is 2.47. The number of amides is 2. The van der Waals surface area contributed by atoms with Crippen molar-refractivity contribution in [2.24, 2.45) is 5.92 Å². The topological polar surface area (TPSA) is 139 Å². The molecule has 2 amide bonds. The molecule has 0 aliphatic carbocycles. The monoisotopic (exact) mass is 549 g/mol. The minimum Gasteiger partial charge on any atom is -0.491 e. The molecule has 0 radical (unpaired) electrons. The summed E-state index contributed by atoms with van der Waals surface area (Å²) in [5.41, 5.74) is 0.922. The van der Waals surface area contributed by atoms with Crippen molar-refractivity contribution in [3.63, 3.8) is 0 Å². The molecule has 0 spiro atoms. The lowest BCUT2D eigenvalue weighted by atomic mass is 10.2. The molecule has 192 valence electrons. The van der Waals surface area contributed by atoms with Crippen LogP contribution in [0.2, 0.25) is 0 Å². The Balaban J connectivity index is 1.65. The number of sulfonamides is 1. The Hall–Kier alpha value is -3.00. The second kappa shape index (κ2) is 12.8. The average molecular weight is 550 g/mol. The molecule has 0 aliphatic rings. The van der Waals surface area contributed by atoms with Gasteiger partial charge in [-0.1, -0.05) is 55.1 Å². The predicted molar refractivity (Wildman–Crippen MR) is 141 cm³/mol. The van der Waals surface area contributed by atoms with Crippen molar-refractivity contribution in [1.82, 2.24) is 14.7 Å². The first-order chi connectivity index (χ1) is 17.1. The lowest BCUT2D eigenvalue weighted by Gasteiger charge is -2.13. The molecule has 0 unspecified atom stereocenters. The van der Waals surface area contributed by atoms with Gasteiger partial charge in [-0.3, -0.25) is 9.59 Å². The van der Waals surface area contributed by atoms with E-state index in [1.807, 2.05) is 26.0 Å². The predicted octanol–water partition coefficient (Wildman–Crippen LogP) is 3.74. The van der Waals surface area contributed by atoms with Crippen molar-refractivity contribution >= 4 is 55.8 Å². The van der Waals surface area contributed by atoms with Crippen molar-refractivity contribution in [2.75, 3.05) is 23.5 Å². The SMILES string of the molecule is CC(C)COc1ccccc1NC(=O)CC(=O)Nc1nc(CNS(C)(=O)=O)c(Sc2ccccn2)s1. The van der Waals surface area contributed by atoms with Crippen LogP contribution < -0.4 is 20.1 Å². The second-order valence-electron chi connectivity index (χ2n) is 8.09. The van der Waals surface area contributed by atoms with Crippen molar-refractivity contribution in [1.29, 1.82) is 0 Å². The summed E-state index contributed by atoms with van der Waals surface area (Å²) in [4.78, 5) is 33.6. The van der Waals surface area contributed by atoms with Gasteiger partial charge in [0.25, 0.3) is 0 Å². The van der Waals surface area contributed by atoms with E-state index in [9.17, 15) is 18.0 Å². The van der Waals surface area contributed by atoms with Crippen LogP contribution in [0.5, 0.6) is 5.75 Å². The molecule has 13 heteroatoms. The molecule has 2 aromatic heterocycles. The molecular formula is C23H27N5O5S3. The summed E-state index contributed by atoms with van der Waals surface area (Å²) in [6, 6.07) is 12.4. The van der Waals surface area contributed by atoms with E-state index in [-0.39, 0.29) is 11.7 Å². The molecular weight excluding hydrogens is 522 g/mol. The van der Waals surface area contributed by atoms with Gasteiger partial charge in [-0.05, 0) is 30.2 Å². The maximum absolute atomic E-state index is 12.5. The number of nitrogens with one attached hydrogen (secondary N) is 3. The smallest absolute Gasteiger partial charge is 0.235 e. The third-order valence-electron chi connectivity index (χ3n) is 4.30. The minimum absolute atomic E-state index is 0.0476. The molecule has 0 saturated heterocycles. The fourth-order valence-electron chi connectivity index (χ4n) is 2.74. The Morgan fingerprint density at radius 1 is 1.08 bits per heavy atom.